The summed E-state index contributed by atoms with van der Waals surface area (Å²) in [7, 11) is 0. The van der Waals surface area contributed by atoms with Gasteiger partial charge in [-0.15, -0.1) is 0 Å². The van der Waals surface area contributed by atoms with Crippen LogP contribution in [0.25, 0.3) is 0 Å². The van der Waals surface area contributed by atoms with Gasteiger partial charge >= 0.3 is 0 Å². The van der Waals surface area contributed by atoms with E-state index in [0.29, 0.717) is 0 Å². The Labute approximate surface area is 141 Å². The Bertz CT molecular complexity index is 732. The molecule has 1 heterocycles. The Kier molecular flexibility index (Phi) is 5.29. The molecule has 24 heavy (non-hydrogen) atoms. The Morgan fingerprint density at radius 1 is 0.958 bits per heavy atom. The number of hydrogen-bond acceptors (Lipinski definition) is 4. The summed E-state index contributed by atoms with van der Waals surface area (Å²) in [6.45, 7) is -0.187. The van der Waals surface area contributed by atoms with Gasteiger partial charge in [0.25, 0.3) is 0 Å². The van der Waals surface area contributed by atoms with E-state index in [4.69, 9.17) is 4.74 Å². The van der Waals surface area contributed by atoms with Crippen LogP contribution in [0.5, 0.6) is 0 Å². The largest absolute Gasteiger partial charge is 0.394 e. The van der Waals surface area contributed by atoms with Crippen molar-refractivity contribution in [3.63, 3.8) is 0 Å². The van der Waals surface area contributed by atoms with Crippen LogP contribution in [0.2, 0.25) is 0 Å². The fraction of sp³-hybridized carbons (Fsp3) is 0.300. The molecule has 0 spiro atoms. The number of aliphatic hydroxyl groups is 3. The molecular formula is C20H20O4. The quantitative estimate of drug-likeness (QED) is 0.735. The van der Waals surface area contributed by atoms with Crippen LogP contribution in [0, 0.1) is 11.8 Å². The first-order valence-corrected chi connectivity index (χ1v) is 7.97. The lowest BCUT2D eigenvalue weighted by atomic mass is 9.92. The standard InChI is InChI=1S/C20H20O4/c21-13-17-12-18(22)19(23)20(24-17)16-8-4-7-15(11-16)10-9-14-5-2-1-3-6-14/h1-8,11,17-23H,12-13H2/t17?,18?,19?,20-/m1/s1. The molecule has 3 unspecified atom stereocenters. The zero-order chi connectivity index (χ0) is 16.9. The van der Waals surface area contributed by atoms with E-state index < -0.39 is 24.4 Å². The van der Waals surface area contributed by atoms with Crippen LogP contribution in [-0.4, -0.2) is 40.2 Å². The third-order valence-corrected chi connectivity index (χ3v) is 4.09. The summed E-state index contributed by atoms with van der Waals surface area (Å²) < 4.78 is 5.71. The minimum atomic E-state index is -1.02. The van der Waals surface area contributed by atoms with E-state index in [1.165, 1.54) is 0 Å². The molecule has 3 N–H and O–H groups in total. The third kappa shape index (κ3) is 3.84. The molecule has 0 saturated carbocycles. The Hall–Kier alpha value is -2.16. The highest BCUT2D eigenvalue weighted by Crippen LogP contribution is 2.32. The summed E-state index contributed by atoms with van der Waals surface area (Å²) in [4.78, 5) is 0. The van der Waals surface area contributed by atoms with Crippen LogP contribution in [0.15, 0.2) is 54.6 Å². The molecule has 0 aliphatic carbocycles. The van der Waals surface area contributed by atoms with E-state index in [9.17, 15) is 15.3 Å². The normalized spacial score (nSPS) is 26.5. The fourth-order valence-electron chi connectivity index (χ4n) is 2.81. The lowest BCUT2D eigenvalue weighted by molar-refractivity contribution is -0.179. The molecule has 4 heteroatoms. The Balaban J connectivity index is 1.83. The smallest absolute Gasteiger partial charge is 0.111 e. The van der Waals surface area contributed by atoms with E-state index in [1.807, 2.05) is 54.6 Å². The molecule has 1 saturated heterocycles. The van der Waals surface area contributed by atoms with Crippen LogP contribution in [0.4, 0.5) is 0 Å². The van der Waals surface area contributed by atoms with Gasteiger partial charge in [-0.3, -0.25) is 0 Å². The molecule has 1 aliphatic heterocycles. The average molecular weight is 324 g/mol. The van der Waals surface area contributed by atoms with Gasteiger partial charge in [0.2, 0.25) is 0 Å². The molecule has 2 aromatic rings. The fourth-order valence-corrected chi connectivity index (χ4v) is 2.81. The lowest BCUT2D eigenvalue weighted by Gasteiger charge is -2.36. The summed E-state index contributed by atoms with van der Waals surface area (Å²) in [6, 6.07) is 17.1. The molecule has 4 atom stereocenters. The second-order valence-corrected chi connectivity index (χ2v) is 5.90. The van der Waals surface area contributed by atoms with Crippen molar-refractivity contribution in [1.29, 1.82) is 0 Å². The first-order valence-electron chi connectivity index (χ1n) is 7.97. The van der Waals surface area contributed by atoms with E-state index in [2.05, 4.69) is 11.8 Å². The Morgan fingerprint density at radius 3 is 2.42 bits per heavy atom. The van der Waals surface area contributed by atoms with Crippen LogP contribution in [0.3, 0.4) is 0 Å². The van der Waals surface area contributed by atoms with E-state index in [1.54, 1.807) is 0 Å². The van der Waals surface area contributed by atoms with Crippen LogP contribution >= 0.6 is 0 Å². The monoisotopic (exact) mass is 324 g/mol. The number of hydrogen-bond donors (Lipinski definition) is 3. The van der Waals surface area contributed by atoms with Gasteiger partial charge in [-0.05, 0) is 29.8 Å². The SMILES string of the molecule is OCC1CC(O)C(O)[C@@H](c2cccc(C#Cc3ccccc3)c2)O1. The molecular weight excluding hydrogens is 304 g/mol. The highest BCUT2D eigenvalue weighted by atomic mass is 16.5. The van der Waals surface area contributed by atoms with Crippen molar-refractivity contribution in [2.75, 3.05) is 6.61 Å². The van der Waals surface area contributed by atoms with Crippen molar-refractivity contribution in [1.82, 2.24) is 0 Å². The van der Waals surface area contributed by atoms with Crippen LogP contribution in [0.1, 0.15) is 29.2 Å². The van der Waals surface area contributed by atoms with Crippen molar-refractivity contribution in [2.24, 2.45) is 0 Å². The maximum Gasteiger partial charge on any atom is 0.111 e. The number of rotatable bonds is 2. The maximum atomic E-state index is 10.2. The predicted octanol–water partition coefficient (Wildman–Crippen LogP) is 1.63. The second-order valence-electron chi connectivity index (χ2n) is 5.90. The van der Waals surface area contributed by atoms with Gasteiger partial charge in [-0.2, -0.15) is 0 Å². The Morgan fingerprint density at radius 2 is 1.67 bits per heavy atom. The van der Waals surface area contributed by atoms with Gasteiger partial charge in [0.05, 0.1) is 18.8 Å². The zero-order valence-electron chi connectivity index (χ0n) is 13.2. The predicted molar refractivity (Wildman–Crippen MR) is 90.2 cm³/mol. The molecule has 124 valence electrons. The van der Waals surface area contributed by atoms with Gasteiger partial charge in [0.15, 0.2) is 0 Å². The van der Waals surface area contributed by atoms with Crippen molar-refractivity contribution in [2.45, 2.75) is 30.8 Å². The molecule has 1 fully saturated rings. The van der Waals surface area contributed by atoms with E-state index in [0.717, 1.165) is 16.7 Å². The molecule has 1 aliphatic rings. The van der Waals surface area contributed by atoms with Gasteiger partial charge in [-0.25, -0.2) is 0 Å². The summed E-state index contributed by atoms with van der Waals surface area (Å²) in [5, 5.41) is 29.5. The molecule has 4 nitrogen and oxygen atoms in total. The first-order chi connectivity index (χ1) is 11.7. The average Bonchev–Trinajstić information content (AvgIpc) is 2.63. The summed E-state index contributed by atoms with van der Waals surface area (Å²) >= 11 is 0. The minimum absolute atomic E-state index is 0.187. The highest BCUT2D eigenvalue weighted by molar-refractivity contribution is 5.44. The molecule has 0 radical (unpaired) electrons. The molecule has 0 aromatic heterocycles. The zero-order valence-corrected chi connectivity index (χ0v) is 13.2. The highest BCUT2D eigenvalue weighted by Gasteiger charge is 2.37. The van der Waals surface area contributed by atoms with Crippen molar-refractivity contribution in [3.05, 3.63) is 71.3 Å². The van der Waals surface area contributed by atoms with Gasteiger partial charge in [0, 0.05) is 17.5 Å². The molecule has 0 amide bonds. The molecule has 2 aromatic carbocycles. The topological polar surface area (TPSA) is 69.9 Å². The number of ether oxygens (including phenoxy) is 1. The van der Waals surface area contributed by atoms with Crippen LogP contribution < -0.4 is 0 Å². The first kappa shape index (κ1) is 16.7. The van der Waals surface area contributed by atoms with Crippen LogP contribution in [-0.2, 0) is 4.74 Å². The molecule has 3 rings (SSSR count). The van der Waals surface area contributed by atoms with Crippen molar-refractivity contribution >= 4 is 0 Å². The number of benzene rings is 2. The maximum absolute atomic E-state index is 10.2. The van der Waals surface area contributed by atoms with Gasteiger partial charge < -0.3 is 20.1 Å². The molecule has 0 bridgehead atoms. The third-order valence-electron chi connectivity index (χ3n) is 4.09. The van der Waals surface area contributed by atoms with E-state index in [-0.39, 0.29) is 13.0 Å². The summed E-state index contributed by atoms with van der Waals surface area (Å²) in [6.07, 6.45) is -2.87. The van der Waals surface area contributed by atoms with Gasteiger partial charge in [-0.1, -0.05) is 42.2 Å². The lowest BCUT2D eigenvalue weighted by Crippen LogP contribution is -2.44. The van der Waals surface area contributed by atoms with E-state index >= 15 is 0 Å². The summed E-state index contributed by atoms with van der Waals surface area (Å²) in [5.74, 6) is 6.18. The van der Waals surface area contributed by atoms with Gasteiger partial charge in [0.1, 0.15) is 12.2 Å². The summed E-state index contributed by atoms with van der Waals surface area (Å²) in [5.41, 5.74) is 2.46. The van der Waals surface area contributed by atoms with Crippen molar-refractivity contribution in [3.8, 4) is 11.8 Å². The van der Waals surface area contributed by atoms with Crippen molar-refractivity contribution < 1.29 is 20.1 Å². The second kappa shape index (κ2) is 7.61. The minimum Gasteiger partial charge on any atom is -0.394 e. The number of aliphatic hydroxyl groups excluding tert-OH is 3.